The molecule has 40 heavy (non-hydrogen) atoms. The smallest absolute Gasteiger partial charge is 0.322 e. The molecule has 3 unspecified atom stereocenters. The van der Waals surface area contributed by atoms with Crippen LogP contribution in [0.3, 0.4) is 0 Å². The monoisotopic (exact) mass is 556 g/mol. The molecule has 3 aromatic rings. The topological polar surface area (TPSA) is 250 Å². The van der Waals surface area contributed by atoms with E-state index in [1.54, 1.807) is 24.3 Å². The minimum absolute atomic E-state index is 0.147. The summed E-state index contributed by atoms with van der Waals surface area (Å²) in [5, 5.41) is 64.2. The van der Waals surface area contributed by atoms with Crippen LogP contribution in [0.25, 0.3) is 10.9 Å². The van der Waals surface area contributed by atoms with Gasteiger partial charge in [0, 0.05) is 41.3 Å². The molecule has 0 saturated carbocycles. The van der Waals surface area contributed by atoms with Crippen LogP contribution in [-0.2, 0) is 9.59 Å². The fourth-order valence-electron chi connectivity index (χ4n) is 4.09. The summed E-state index contributed by atoms with van der Waals surface area (Å²) in [4.78, 5) is 31.2. The quantitative estimate of drug-likeness (QED) is 0.122. The Bertz CT molecular complexity index is 1390. The molecule has 0 radical (unpaired) electrons. The number of nitrogens with zero attached hydrogens (tertiary/aromatic N) is 1. The Morgan fingerprint density at radius 2 is 1.93 bits per heavy atom. The molecule has 15 nitrogen and oxygen atoms in total. The average Bonchev–Trinajstić information content (AvgIpc) is 3.27. The lowest BCUT2D eigenvalue weighted by Crippen LogP contribution is -2.49. The molecule has 2 heterocycles. The van der Waals surface area contributed by atoms with Crippen molar-refractivity contribution in [2.75, 3.05) is 37.2 Å². The zero-order valence-corrected chi connectivity index (χ0v) is 21.3. The second kappa shape index (κ2) is 12.6. The lowest BCUT2D eigenvalue weighted by Gasteiger charge is -2.21. The largest absolute Gasteiger partial charge is 0.508 e. The number of phenolic OH excluding ortho intramolecular Hbond substituents is 1. The van der Waals surface area contributed by atoms with Crippen molar-refractivity contribution in [2.24, 2.45) is 4.99 Å². The Morgan fingerprint density at radius 3 is 2.62 bits per heavy atom. The number of carboxylic acids is 1. The van der Waals surface area contributed by atoms with Gasteiger partial charge in [0.05, 0.1) is 30.6 Å². The van der Waals surface area contributed by atoms with Gasteiger partial charge < -0.3 is 52.2 Å². The predicted molar refractivity (Wildman–Crippen MR) is 146 cm³/mol. The first-order valence-corrected chi connectivity index (χ1v) is 12.4. The second-order valence-corrected chi connectivity index (χ2v) is 9.21. The number of nitrogen functional groups attached to an aromatic ring is 1. The van der Waals surface area contributed by atoms with Gasteiger partial charge in [-0.25, -0.2) is 0 Å². The predicted octanol–water partition coefficient (Wildman–Crippen LogP) is -1.38. The first-order chi connectivity index (χ1) is 19.1. The summed E-state index contributed by atoms with van der Waals surface area (Å²) >= 11 is 0. The molecule has 0 aliphatic carbocycles. The molecule has 1 aliphatic rings. The summed E-state index contributed by atoms with van der Waals surface area (Å²) in [6.45, 7) is -0.220. The van der Waals surface area contributed by atoms with E-state index in [0.717, 1.165) is 0 Å². The Labute approximate surface area is 228 Å². The van der Waals surface area contributed by atoms with Gasteiger partial charge in [-0.15, -0.1) is 0 Å². The highest BCUT2D eigenvalue weighted by Crippen LogP contribution is 2.28. The number of amides is 1. The maximum atomic E-state index is 12.4. The van der Waals surface area contributed by atoms with Crippen LogP contribution < -0.4 is 32.3 Å². The fourth-order valence-corrected chi connectivity index (χ4v) is 4.09. The molecule has 1 aromatic heterocycles. The van der Waals surface area contributed by atoms with Crippen molar-refractivity contribution in [3.05, 3.63) is 53.7 Å². The molecule has 15 heteroatoms. The van der Waals surface area contributed by atoms with Gasteiger partial charge in [0.2, 0.25) is 5.91 Å². The van der Waals surface area contributed by atoms with E-state index in [-0.39, 0.29) is 42.3 Å². The molecular formula is C25H32N8O7. The Kier molecular flexibility index (Phi) is 9.03. The number of nitrogens with one attached hydrogen (secondary N) is 6. The van der Waals surface area contributed by atoms with E-state index in [9.17, 15) is 35.1 Å². The molecular weight excluding hydrogens is 524 g/mol. The number of hydrogen-bond acceptors (Lipinski definition) is 12. The zero-order chi connectivity index (χ0) is 28.8. The third kappa shape index (κ3) is 7.16. The van der Waals surface area contributed by atoms with Crippen LogP contribution in [0.4, 0.5) is 11.4 Å². The van der Waals surface area contributed by atoms with Gasteiger partial charge >= 0.3 is 5.97 Å². The van der Waals surface area contributed by atoms with Crippen LogP contribution in [0.2, 0.25) is 0 Å². The molecule has 0 bridgehead atoms. The van der Waals surface area contributed by atoms with Crippen molar-refractivity contribution >= 4 is 40.1 Å². The van der Waals surface area contributed by atoms with Crippen LogP contribution in [0.1, 0.15) is 23.7 Å². The maximum absolute atomic E-state index is 12.4. The van der Waals surface area contributed by atoms with E-state index in [2.05, 4.69) is 36.6 Å². The van der Waals surface area contributed by atoms with E-state index < -0.39 is 36.5 Å². The molecule has 1 amide bonds. The van der Waals surface area contributed by atoms with Gasteiger partial charge in [0.15, 0.2) is 5.96 Å². The molecule has 13 N–H and O–H groups in total. The van der Waals surface area contributed by atoms with E-state index in [0.29, 0.717) is 29.1 Å². The number of aromatic hydroxyl groups is 1. The van der Waals surface area contributed by atoms with Crippen molar-refractivity contribution in [1.29, 1.82) is 0 Å². The van der Waals surface area contributed by atoms with Gasteiger partial charge in [-0.3, -0.25) is 25.2 Å². The molecule has 1 aliphatic heterocycles. The van der Waals surface area contributed by atoms with Gasteiger partial charge in [0.1, 0.15) is 24.2 Å². The molecule has 0 fully saturated rings. The standard InChI is InChI=1S/C25H32N8O7/c26-20-16-3-1-2-4-17(16)32-21(20)23(38)33-18(24(39)40)10-27-19(36)11-28-22(37)12-5-13(7-14(34)6-12)31-25-29-8-15(35)9-30-25/h1-7,15,18,22-23,28,32-35,37-38H,8-11,26H2,(H,27,36)(H,39,40)(H2,29,30,31)/t18-,22?,23?/m0/s1. The number of carbonyl (C=O) groups excluding carboxylic acids is 1. The number of hydrogen-bond donors (Lipinski definition) is 12. The van der Waals surface area contributed by atoms with E-state index in [4.69, 9.17) is 5.73 Å². The molecule has 4 rings (SSSR count). The van der Waals surface area contributed by atoms with Crippen LogP contribution in [0.5, 0.6) is 5.75 Å². The van der Waals surface area contributed by atoms with Crippen molar-refractivity contribution in [1.82, 2.24) is 26.3 Å². The van der Waals surface area contributed by atoms with Gasteiger partial charge in [-0.1, -0.05) is 18.2 Å². The first kappa shape index (κ1) is 28.6. The van der Waals surface area contributed by atoms with Crippen molar-refractivity contribution < 1.29 is 35.1 Å². The van der Waals surface area contributed by atoms with Crippen LogP contribution in [-0.4, -0.2) is 86.7 Å². The molecule has 2 aromatic carbocycles. The van der Waals surface area contributed by atoms with Crippen molar-refractivity contribution in [3.63, 3.8) is 0 Å². The summed E-state index contributed by atoms with van der Waals surface area (Å²) in [7, 11) is 0. The number of H-pyrrole nitrogens is 1. The van der Waals surface area contributed by atoms with E-state index >= 15 is 0 Å². The molecule has 4 atom stereocenters. The summed E-state index contributed by atoms with van der Waals surface area (Å²) < 4.78 is 0. The number of rotatable bonds is 11. The maximum Gasteiger partial charge on any atom is 0.322 e. The SMILES string of the molecule is Nc1c(C(O)N[C@@H](CNC(=O)CNC(O)c2cc(O)cc(NC3=NCC(O)CN3)c2)C(=O)O)[nH]c2ccccc12. The number of anilines is 2. The molecule has 0 saturated heterocycles. The first-order valence-electron chi connectivity index (χ1n) is 12.4. The highest BCUT2D eigenvalue weighted by molar-refractivity contribution is 5.94. The number of guanidine groups is 1. The Hall–Kier alpha value is -4.41. The van der Waals surface area contributed by atoms with Crippen molar-refractivity contribution in [3.8, 4) is 5.75 Å². The number of para-hydroxylation sites is 1. The minimum atomic E-state index is -1.45. The Morgan fingerprint density at radius 1 is 1.15 bits per heavy atom. The van der Waals surface area contributed by atoms with Crippen molar-refractivity contribution in [2.45, 2.75) is 24.6 Å². The van der Waals surface area contributed by atoms with Crippen LogP contribution in [0, 0.1) is 0 Å². The second-order valence-electron chi connectivity index (χ2n) is 9.21. The van der Waals surface area contributed by atoms with Crippen LogP contribution in [0.15, 0.2) is 47.5 Å². The van der Waals surface area contributed by atoms with Gasteiger partial charge in [-0.05, 0) is 18.2 Å². The Balaban J connectivity index is 1.29. The van der Waals surface area contributed by atoms with E-state index in [1.165, 1.54) is 18.2 Å². The number of carbonyl (C=O) groups is 2. The number of benzene rings is 2. The summed E-state index contributed by atoms with van der Waals surface area (Å²) in [6, 6.07) is 9.99. The lowest BCUT2D eigenvalue weighted by molar-refractivity contribution is -0.140. The van der Waals surface area contributed by atoms with E-state index in [1.807, 2.05) is 0 Å². The third-order valence-electron chi connectivity index (χ3n) is 6.15. The number of aliphatic hydroxyl groups excluding tert-OH is 3. The third-order valence-corrected chi connectivity index (χ3v) is 6.15. The minimum Gasteiger partial charge on any atom is -0.508 e. The highest BCUT2D eigenvalue weighted by atomic mass is 16.4. The van der Waals surface area contributed by atoms with Crippen LogP contribution >= 0.6 is 0 Å². The number of carboxylic acid groups (broad SMARTS) is 1. The molecule has 0 spiro atoms. The zero-order valence-electron chi connectivity index (χ0n) is 21.3. The summed E-state index contributed by atoms with van der Waals surface area (Å²) in [5.74, 6) is -1.69. The summed E-state index contributed by atoms with van der Waals surface area (Å²) in [5.41, 5.74) is 7.89. The number of phenols is 1. The number of aliphatic hydroxyl groups is 3. The normalized spacial score (nSPS) is 17.4. The number of aromatic amines is 1. The number of fused-ring (bicyclic) bond motifs is 1. The summed E-state index contributed by atoms with van der Waals surface area (Å²) in [6.07, 6.45) is -3.38. The lowest BCUT2D eigenvalue weighted by atomic mass is 10.1. The number of β-amino-alcohol motifs (C(OH)–C–C–N with tert-alkyl or cyclic N) is 1. The average molecular weight is 557 g/mol. The number of aromatic nitrogens is 1. The highest BCUT2D eigenvalue weighted by Gasteiger charge is 2.25. The number of aliphatic carboxylic acids is 1. The number of nitrogens with two attached hydrogens (primary N) is 1. The fraction of sp³-hybridized carbons (Fsp3) is 0.320. The number of aliphatic imine (C=N–C) groups is 1. The van der Waals surface area contributed by atoms with Gasteiger partial charge in [0.25, 0.3) is 0 Å². The van der Waals surface area contributed by atoms with Gasteiger partial charge in [-0.2, -0.15) is 0 Å². The molecule has 214 valence electrons.